The molecule has 0 aromatic carbocycles. The second-order valence-electron chi connectivity index (χ2n) is 3.57. The van der Waals surface area contributed by atoms with Gasteiger partial charge in [0.05, 0.1) is 7.11 Å². The lowest BCUT2D eigenvalue weighted by atomic mass is 10.1. The molecule has 0 aromatic heterocycles. The van der Waals surface area contributed by atoms with E-state index in [4.69, 9.17) is 0 Å². The summed E-state index contributed by atoms with van der Waals surface area (Å²) in [5.74, 6) is -0.293. The van der Waals surface area contributed by atoms with Crippen LogP contribution in [-0.2, 0) is 14.3 Å². The summed E-state index contributed by atoms with van der Waals surface area (Å²) in [6.45, 7) is 2.47. The van der Waals surface area contributed by atoms with E-state index < -0.39 is 0 Å². The van der Waals surface area contributed by atoms with Crippen LogP contribution < -0.4 is 0 Å². The highest BCUT2D eigenvalue weighted by atomic mass is 16.5. The molecule has 0 N–H and O–H groups in total. The number of ether oxygens (including phenoxy) is 1. The van der Waals surface area contributed by atoms with Crippen molar-refractivity contribution in [3.8, 4) is 0 Å². The summed E-state index contributed by atoms with van der Waals surface area (Å²) in [4.78, 5) is 24.5. The third kappa shape index (κ3) is 3.08. The number of hydrogen-bond acceptors (Lipinski definition) is 3. The van der Waals surface area contributed by atoms with Gasteiger partial charge in [-0.25, -0.2) is 0 Å². The van der Waals surface area contributed by atoms with Crippen LogP contribution in [-0.4, -0.2) is 37.0 Å². The van der Waals surface area contributed by atoms with Crippen LogP contribution in [0.3, 0.4) is 0 Å². The number of carbonyl (C=O) groups is 2. The first-order valence-corrected chi connectivity index (χ1v) is 5.19. The summed E-state index contributed by atoms with van der Waals surface area (Å²) in [6.07, 6.45) is 5.59. The van der Waals surface area contributed by atoms with Crippen molar-refractivity contribution in [2.75, 3.05) is 20.2 Å². The third-order valence-electron chi connectivity index (χ3n) is 2.60. The summed E-state index contributed by atoms with van der Waals surface area (Å²) in [7, 11) is 1.33. The molecule has 0 fully saturated rings. The Morgan fingerprint density at radius 2 is 2.00 bits per heavy atom. The van der Waals surface area contributed by atoms with Crippen LogP contribution in [0, 0.1) is 5.92 Å². The molecule has 0 atom stereocenters. The molecule has 0 aliphatic heterocycles. The minimum absolute atomic E-state index is 0.0228. The second-order valence-corrected chi connectivity index (χ2v) is 3.57. The Hall–Kier alpha value is -1.32. The molecule has 0 heterocycles. The zero-order valence-corrected chi connectivity index (χ0v) is 9.23. The first kappa shape index (κ1) is 11.8. The lowest BCUT2D eigenvalue weighted by Gasteiger charge is -2.22. The molecule has 1 aliphatic carbocycles. The van der Waals surface area contributed by atoms with Crippen LogP contribution in [0.2, 0.25) is 0 Å². The highest BCUT2D eigenvalue weighted by molar-refractivity contribution is 5.84. The number of allylic oxidation sites excluding steroid dienone is 2. The van der Waals surface area contributed by atoms with Crippen molar-refractivity contribution in [2.45, 2.75) is 19.8 Å². The lowest BCUT2D eigenvalue weighted by molar-refractivity contribution is -0.148. The van der Waals surface area contributed by atoms with Crippen LogP contribution in [0.15, 0.2) is 12.2 Å². The zero-order chi connectivity index (χ0) is 11.3. The molecular formula is C11H17NO3. The van der Waals surface area contributed by atoms with Crippen LogP contribution in [0.25, 0.3) is 0 Å². The Bertz CT molecular complexity index is 265. The number of carbonyl (C=O) groups excluding carboxylic acids is 2. The summed E-state index contributed by atoms with van der Waals surface area (Å²) < 4.78 is 4.55. The van der Waals surface area contributed by atoms with Gasteiger partial charge < -0.3 is 9.64 Å². The van der Waals surface area contributed by atoms with E-state index in [1.165, 1.54) is 7.11 Å². The minimum Gasteiger partial charge on any atom is -0.468 e. The van der Waals surface area contributed by atoms with Crippen LogP contribution >= 0.6 is 0 Å². The highest BCUT2D eigenvalue weighted by Gasteiger charge is 2.25. The number of methoxy groups -OCH3 is 1. The van der Waals surface area contributed by atoms with Gasteiger partial charge in [-0.3, -0.25) is 9.59 Å². The van der Waals surface area contributed by atoms with Gasteiger partial charge in [0.15, 0.2) is 0 Å². The van der Waals surface area contributed by atoms with Crippen molar-refractivity contribution in [3.63, 3.8) is 0 Å². The van der Waals surface area contributed by atoms with Crippen molar-refractivity contribution in [3.05, 3.63) is 12.2 Å². The third-order valence-corrected chi connectivity index (χ3v) is 2.60. The van der Waals surface area contributed by atoms with Gasteiger partial charge in [-0.2, -0.15) is 0 Å². The fourth-order valence-electron chi connectivity index (χ4n) is 1.64. The zero-order valence-electron chi connectivity index (χ0n) is 9.23. The Balaban J connectivity index is 2.50. The topological polar surface area (TPSA) is 46.6 Å². The molecule has 84 valence electrons. The molecule has 0 saturated heterocycles. The summed E-state index contributed by atoms with van der Waals surface area (Å²) in [6, 6.07) is 0. The van der Waals surface area contributed by atoms with E-state index >= 15 is 0 Å². The SMILES string of the molecule is CCN(CC(=O)OC)C(=O)C1CC=CC1. The van der Waals surface area contributed by atoms with Crippen LogP contribution in [0.1, 0.15) is 19.8 Å². The first-order chi connectivity index (χ1) is 7.19. The van der Waals surface area contributed by atoms with E-state index in [-0.39, 0.29) is 24.3 Å². The smallest absolute Gasteiger partial charge is 0.325 e. The monoisotopic (exact) mass is 211 g/mol. The molecule has 0 saturated carbocycles. The summed E-state index contributed by atoms with van der Waals surface area (Å²) in [5, 5.41) is 0. The number of likely N-dealkylation sites (N-methyl/N-ethyl adjacent to an activating group) is 1. The van der Waals surface area contributed by atoms with E-state index in [1.807, 2.05) is 19.1 Å². The van der Waals surface area contributed by atoms with Crippen molar-refractivity contribution < 1.29 is 14.3 Å². The predicted octanol–water partition coefficient (Wildman–Crippen LogP) is 0.974. The van der Waals surface area contributed by atoms with E-state index in [0.717, 1.165) is 12.8 Å². The van der Waals surface area contributed by atoms with E-state index in [9.17, 15) is 9.59 Å². The van der Waals surface area contributed by atoms with Crippen LogP contribution in [0.4, 0.5) is 0 Å². The van der Waals surface area contributed by atoms with Gasteiger partial charge in [0.2, 0.25) is 5.91 Å². The maximum absolute atomic E-state index is 11.9. The van der Waals surface area contributed by atoms with Gasteiger partial charge in [0, 0.05) is 12.5 Å². The van der Waals surface area contributed by atoms with Crippen LogP contribution in [0.5, 0.6) is 0 Å². The van der Waals surface area contributed by atoms with E-state index in [1.54, 1.807) is 4.90 Å². The molecule has 4 nitrogen and oxygen atoms in total. The molecule has 1 amide bonds. The number of nitrogens with zero attached hydrogens (tertiary/aromatic N) is 1. The van der Waals surface area contributed by atoms with Gasteiger partial charge in [0.25, 0.3) is 0 Å². The minimum atomic E-state index is -0.365. The molecule has 0 aromatic rings. The van der Waals surface area contributed by atoms with E-state index in [2.05, 4.69) is 4.74 Å². The first-order valence-electron chi connectivity index (χ1n) is 5.19. The number of esters is 1. The van der Waals surface area contributed by atoms with Crippen molar-refractivity contribution in [2.24, 2.45) is 5.92 Å². The Morgan fingerprint density at radius 3 is 2.47 bits per heavy atom. The molecule has 1 rings (SSSR count). The molecule has 0 radical (unpaired) electrons. The molecule has 1 aliphatic rings. The van der Waals surface area contributed by atoms with Crippen molar-refractivity contribution >= 4 is 11.9 Å². The van der Waals surface area contributed by atoms with Crippen molar-refractivity contribution in [1.82, 2.24) is 4.90 Å². The molecule has 0 unspecified atom stereocenters. The quantitative estimate of drug-likeness (QED) is 0.514. The standard InChI is InChI=1S/C11H17NO3/c1-3-12(8-10(13)15-2)11(14)9-6-4-5-7-9/h4-5,9H,3,6-8H2,1-2H3. The molecule has 4 heteroatoms. The van der Waals surface area contributed by atoms with Gasteiger partial charge in [-0.05, 0) is 19.8 Å². The summed E-state index contributed by atoms with van der Waals surface area (Å²) in [5.41, 5.74) is 0. The van der Waals surface area contributed by atoms with Gasteiger partial charge in [-0.15, -0.1) is 0 Å². The predicted molar refractivity (Wildman–Crippen MR) is 56.1 cm³/mol. The number of rotatable bonds is 4. The highest BCUT2D eigenvalue weighted by Crippen LogP contribution is 2.20. The Morgan fingerprint density at radius 1 is 1.40 bits per heavy atom. The van der Waals surface area contributed by atoms with Gasteiger partial charge in [0.1, 0.15) is 6.54 Å². The normalized spacial score (nSPS) is 15.3. The van der Waals surface area contributed by atoms with Crippen molar-refractivity contribution in [1.29, 1.82) is 0 Å². The largest absolute Gasteiger partial charge is 0.468 e. The number of amides is 1. The number of hydrogen-bond donors (Lipinski definition) is 0. The fraction of sp³-hybridized carbons (Fsp3) is 0.636. The maximum atomic E-state index is 11.9. The maximum Gasteiger partial charge on any atom is 0.325 e. The second kappa shape index (κ2) is 5.53. The fourth-order valence-corrected chi connectivity index (χ4v) is 1.64. The Kier molecular flexibility index (Phi) is 4.34. The lowest BCUT2D eigenvalue weighted by Crippen LogP contribution is -2.39. The summed E-state index contributed by atoms with van der Waals surface area (Å²) >= 11 is 0. The molecular weight excluding hydrogens is 194 g/mol. The molecule has 0 spiro atoms. The van der Waals surface area contributed by atoms with Gasteiger partial charge >= 0.3 is 5.97 Å². The average Bonchev–Trinajstić information content (AvgIpc) is 2.77. The molecule has 0 bridgehead atoms. The van der Waals surface area contributed by atoms with Gasteiger partial charge in [-0.1, -0.05) is 12.2 Å². The average molecular weight is 211 g/mol. The van der Waals surface area contributed by atoms with E-state index in [0.29, 0.717) is 6.54 Å². The Labute approximate surface area is 89.9 Å². The molecule has 15 heavy (non-hydrogen) atoms.